The van der Waals surface area contributed by atoms with Crippen molar-refractivity contribution < 1.29 is 19.8 Å². The van der Waals surface area contributed by atoms with Crippen molar-refractivity contribution in [3.05, 3.63) is 48.6 Å². The number of hydrogen-bond acceptors (Lipinski definition) is 2. The van der Waals surface area contributed by atoms with E-state index < -0.39 is 11.9 Å². The molecule has 0 aliphatic rings. The molecule has 4 heteroatoms. The molecule has 40 heavy (non-hydrogen) atoms. The third-order valence-corrected chi connectivity index (χ3v) is 6.74. The van der Waals surface area contributed by atoms with E-state index in [-0.39, 0.29) is 0 Å². The second-order valence-electron chi connectivity index (χ2n) is 10.8. The van der Waals surface area contributed by atoms with Gasteiger partial charge in [0.15, 0.2) is 0 Å². The molecule has 0 atom stereocenters. The van der Waals surface area contributed by atoms with E-state index in [2.05, 4.69) is 62.5 Å². The molecule has 0 heterocycles. The molecule has 0 bridgehead atoms. The van der Waals surface area contributed by atoms with Gasteiger partial charge in [0, 0.05) is 12.8 Å². The van der Waals surface area contributed by atoms with Gasteiger partial charge in [0.05, 0.1) is 0 Å². The first-order valence-electron chi connectivity index (χ1n) is 16.6. The van der Waals surface area contributed by atoms with Crippen LogP contribution in [0.2, 0.25) is 0 Å². The van der Waals surface area contributed by atoms with Gasteiger partial charge in [-0.1, -0.05) is 140 Å². The molecule has 0 amide bonds. The van der Waals surface area contributed by atoms with Gasteiger partial charge in [-0.3, -0.25) is 9.59 Å². The largest absolute Gasteiger partial charge is 0.481 e. The van der Waals surface area contributed by atoms with Crippen molar-refractivity contribution >= 4 is 11.9 Å². The van der Waals surface area contributed by atoms with Crippen LogP contribution in [0.4, 0.5) is 0 Å². The van der Waals surface area contributed by atoms with Crippen LogP contribution in [-0.4, -0.2) is 22.2 Å². The summed E-state index contributed by atoms with van der Waals surface area (Å²) in [7, 11) is 0. The SMILES string of the molecule is CCCCC/C=C/C=C/CCCCCCCCC(=O)O.CCCCCC/C=C/C=C/CCCCCCCC(=O)O. The maximum Gasteiger partial charge on any atom is 0.303 e. The van der Waals surface area contributed by atoms with Gasteiger partial charge in [-0.2, -0.15) is 0 Å². The molecule has 0 aromatic rings. The Labute approximate surface area is 248 Å². The summed E-state index contributed by atoms with van der Waals surface area (Å²) in [5, 5.41) is 17.0. The molecule has 0 fully saturated rings. The van der Waals surface area contributed by atoms with Gasteiger partial charge in [-0.05, 0) is 64.2 Å². The summed E-state index contributed by atoms with van der Waals surface area (Å²) in [5.74, 6) is -1.34. The number of carboxylic acids is 2. The van der Waals surface area contributed by atoms with Crippen molar-refractivity contribution in [1.29, 1.82) is 0 Å². The molecule has 0 radical (unpaired) electrons. The van der Waals surface area contributed by atoms with Crippen LogP contribution < -0.4 is 0 Å². The second kappa shape index (κ2) is 36.9. The molecule has 0 aliphatic heterocycles. The Morgan fingerprint density at radius 2 is 0.650 bits per heavy atom. The van der Waals surface area contributed by atoms with E-state index in [1.165, 1.54) is 96.3 Å². The summed E-state index contributed by atoms with van der Waals surface area (Å²) in [6.07, 6.45) is 44.6. The molecule has 0 unspecified atom stereocenters. The van der Waals surface area contributed by atoms with Crippen LogP contribution in [0.25, 0.3) is 0 Å². The second-order valence-corrected chi connectivity index (χ2v) is 10.8. The van der Waals surface area contributed by atoms with Crippen LogP contribution in [0.3, 0.4) is 0 Å². The molecule has 0 rings (SSSR count). The minimum absolute atomic E-state index is 0.322. The Balaban J connectivity index is 0. The quantitative estimate of drug-likeness (QED) is 0.0737. The van der Waals surface area contributed by atoms with Crippen LogP contribution in [0.15, 0.2) is 48.6 Å². The Hall–Kier alpha value is -2.10. The Bertz CT molecular complexity index is 645. The lowest BCUT2D eigenvalue weighted by Crippen LogP contribution is -1.93. The average molecular weight is 561 g/mol. The first-order chi connectivity index (χ1) is 19.5. The van der Waals surface area contributed by atoms with Crippen molar-refractivity contribution in [3.8, 4) is 0 Å². The van der Waals surface area contributed by atoms with Gasteiger partial charge in [0.2, 0.25) is 0 Å². The molecule has 0 aromatic heterocycles. The molecule has 4 nitrogen and oxygen atoms in total. The van der Waals surface area contributed by atoms with E-state index in [0.29, 0.717) is 12.8 Å². The van der Waals surface area contributed by atoms with Crippen LogP contribution in [0, 0.1) is 0 Å². The minimum Gasteiger partial charge on any atom is -0.481 e. The van der Waals surface area contributed by atoms with Gasteiger partial charge in [0.25, 0.3) is 0 Å². The highest BCUT2D eigenvalue weighted by Gasteiger charge is 1.97. The van der Waals surface area contributed by atoms with Gasteiger partial charge in [0.1, 0.15) is 0 Å². The van der Waals surface area contributed by atoms with Crippen LogP contribution in [0.1, 0.15) is 168 Å². The zero-order valence-corrected chi connectivity index (χ0v) is 26.3. The molecule has 0 aromatic carbocycles. The van der Waals surface area contributed by atoms with Crippen molar-refractivity contribution in [2.75, 3.05) is 0 Å². The molecule has 0 spiro atoms. The summed E-state index contributed by atoms with van der Waals surface area (Å²) in [4.78, 5) is 20.6. The standard InChI is InChI=1S/2C18H32O2/c2*1-2-3-4-5-6-7-8-9-10-11-12-13-14-15-16-17-18(19)20/h7-10H,2-6,11-17H2,1H3,(H,19,20);6-9H,2-5,10-17H2,1H3,(H,19,20)/b8-7+,10-9+;7-6+,9-8+. The lowest BCUT2D eigenvalue weighted by Gasteiger charge is -1.99. The number of rotatable bonds is 28. The molecule has 0 saturated heterocycles. The zero-order chi connectivity index (χ0) is 29.8. The molecule has 0 saturated carbocycles. The maximum absolute atomic E-state index is 10.3. The number of allylic oxidation sites excluding steroid dienone is 8. The number of hydrogen-bond donors (Lipinski definition) is 2. The first kappa shape index (κ1) is 40.0. The maximum atomic E-state index is 10.3. The van der Waals surface area contributed by atoms with Crippen molar-refractivity contribution in [2.24, 2.45) is 0 Å². The normalized spacial score (nSPS) is 11.7. The van der Waals surface area contributed by atoms with Crippen LogP contribution in [0.5, 0.6) is 0 Å². The van der Waals surface area contributed by atoms with Crippen LogP contribution >= 0.6 is 0 Å². The summed E-state index contributed by atoms with van der Waals surface area (Å²) in [5.41, 5.74) is 0. The van der Waals surface area contributed by atoms with Crippen molar-refractivity contribution in [1.82, 2.24) is 0 Å². The third kappa shape index (κ3) is 43.0. The monoisotopic (exact) mass is 560 g/mol. The Morgan fingerprint density at radius 3 is 0.975 bits per heavy atom. The molecular formula is C36H64O4. The fourth-order valence-corrected chi connectivity index (χ4v) is 4.21. The predicted octanol–water partition coefficient (Wildman–Crippen LogP) is 11.8. The van der Waals surface area contributed by atoms with E-state index in [1.54, 1.807) is 0 Å². The van der Waals surface area contributed by atoms with Gasteiger partial charge < -0.3 is 10.2 Å². The summed E-state index contributed by atoms with van der Waals surface area (Å²) < 4.78 is 0. The zero-order valence-electron chi connectivity index (χ0n) is 26.3. The lowest BCUT2D eigenvalue weighted by atomic mass is 10.1. The molecular weight excluding hydrogens is 496 g/mol. The summed E-state index contributed by atoms with van der Waals surface area (Å²) in [6.45, 7) is 4.47. The average Bonchev–Trinajstić information content (AvgIpc) is 2.93. The number of carboxylic acid groups (broad SMARTS) is 2. The molecule has 2 N–H and O–H groups in total. The summed E-state index contributed by atoms with van der Waals surface area (Å²) >= 11 is 0. The van der Waals surface area contributed by atoms with Crippen molar-refractivity contribution in [2.45, 2.75) is 168 Å². The number of unbranched alkanes of at least 4 members (excludes halogenated alkanes) is 18. The Kier molecular flexibility index (Phi) is 36.9. The van der Waals surface area contributed by atoms with E-state index in [0.717, 1.165) is 44.9 Å². The topological polar surface area (TPSA) is 74.6 Å². The Morgan fingerprint density at radius 1 is 0.400 bits per heavy atom. The van der Waals surface area contributed by atoms with Gasteiger partial charge >= 0.3 is 11.9 Å². The van der Waals surface area contributed by atoms with E-state index in [9.17, 15) is 9.59 Å². The number of aliphatic carboxylic acids is 2. The van der Waals surface area contributed by atoms with Gasteiger partial charge in [-0.15, -0.1) is 0 Å². The van der Waals surface area contributed by atoms with E-state index >= 15 is 0 Å². The predicted molar refractivity (Wildman–Crippen MR) is 174 cm³/mol. The highest BCUT2D eigenvalue weighted by molar-refractivity contribution is 5.66. The minimum atomic E-state index is -0.672. The summed E-state index contributed by atoms with van der Waals surface area (Å²) in [6, 6.07) is 0. The third-order valence-electron chi connectivity index (χ3n) is 6.74. The highest BCUT2D eigenvalue weighted by atomic mass is 16.4. The van der Waals surface area contributed by atoms with E-state index in [1.807, 2.05) is 0 Å². The van der Waals surface area contributed by atoms with Crippen molar-refractivity contribution in [3.63, 3.8) is 0 Å². The fraction of sp³-hybridized carbons (Fsp3) is 0.722. The lowest BCUT2D eigenvalue weighted by molar-refractivity contribution is -0.138. The van der Waals surface area contributed by atoms with Crippen LogP contribution in [-0.2, 0) is 9.59 Å². The van der Waals surface area contributed by atoms with Gasteiger partial charge in [-0.25, -0.2) is 0 Å². The first-order valence-corrected chi connectivity index (χ1v) is 16.6. The number of carbonyl (C=O) groups is 2. The van der Waals surface area contributed by atoms with E-state index in [4.69, 9.17) is 10.2 Å². The molecule has 232 valence electrons. The fourth-order valence-electron chi connectivity index (χ4n) is 4.21. The highest BCUT2D eigenvalue weighted by Crippen LogP contribution is 2.10. The molecule has 0 aliphatic carbocycles. The smallest absolute Gasteiger partial charge is 0.303 e.